The van der Waals surface area contributed by atoms with Gasteiger partial charge in [0.05, 0.1) is 6.04 Å². The SMILES string of the molecule is CCCCNC(=O)NC(C)c1nn[nH]n1. The smallest absolute Gasteiger partial charge is 0.315 e. The van der Waals surface area contributed by atoms with Crippen LogP contribution in [0.2, 0.25) is 0 Å². The number of urea groups is 1. The van der Waals surface area contributed by atoms with Gasteiger partial charge in [0.2, 0.25) is 0 Å². The van der Waals surface area contributed by atoms with Crippen LogP contribution in [0.15, 0.2) is 0 Å². The normalized spacial score (nSPS) is 12.1. The van der Waals surface area contributed by atoms with Gasteiger partial charge in [-0.3, -0.25) is 0 Å². The molecule has 0 aliphatic rings. The molecule has 3 N–H and O–H groups in total. The molecule has 0 fully saturated rings. The summed E-state index contributed by atoms with van der Waals surface area (Å²) in [5, 5.41) is 18.8. The van der Waals surface area contributed by atoms with Gasteiger partial charge in [0.15, 0.2) is 5.82 Å². The second-order valence-electron chi connectivity index (χ2n) is 3.25. The van der Waals surface area contributed by atoms with Gasteiger partial charge in [0.25, 0.3) is 0 Å². The van der Waals surface area contributed by atoms with Crippen LogP contribution in [-0.4, -0.2) is 33.2 Å². The van der Waals surface area contributed by atoms with Gasteiger partial charge in [-0.05, 0) is 13.3 Å². The average molecular weight is 212 g/mol. The van der Waals surface area contributed by atoms with E-state index in [2.05, 4.69) is 38.2 Å². The van der Waals surface area contributed by atoms with Crippen molar-refractivity contribution in [3.05, 3.63) is 5.82 Å². The second-order valence-corrected chi connectivity index (χ2v) is 3.25. The summed E-state index contributed by atoms with van der Waals surface area (Å²) in [6.07, 6.45) is 2.03. The van der Waals surface area contributed by atoms with E-state index in [-0.39, 0.29) is 12.1 Å². The number of carbonyl (C=O) groups excluding carboxylic acids is 1. The predicted octanol–water partition coefficient (Wildman–Crippen LogP) is 0.360. The van der Waals surface area contributed by atoms with Gasteiger partial charge in [0.1, 0.15) is 0 Å². The molecule has 1 aromatic heterocycles. The molecule has 1 rings (SSSR count). The Balaban J connectivity index is 2.26. The van der Waals surface area contributed by atoms with Gasteiger partial charge < -0.3 is 10.6 Å². The number of nitrogens with one attached hydrogen (secondary N) is 3. The number of H-pyrrole nitrogens is 1. The van der Waals surface area contributed by atoms with Crippen molar-refractivity contribution in [1.29, 1.82) is 0 Å². The molecule has 0 bridgehead atoms. The maximum absolute atomic E-state index is 11.3. The fourth-order valence-corrected chi connectivity index (χ4v) is 1.04. The lowest BCUT2D eigenvalue weighted by Crippen LogP contribution is -2.37. The van der Waals surface area contributed by atoms with Crippen LogP contribution in [0.25, 0.3) is 0 Å². The predicted molar refractivity (Wildman–Crippen MR) is 54.0 cm³/mol. The molecule has 1 heterocycles. The van der Waals surface area contributed by atoms with Crippen molar-refractivity contribution in [2.24, 2.45) is 0 Å². The zero-order valence-corrected chi connectivity index (χ0v) is 8.95. The first-order valence-corrected chi connectivity index (χ1v) is 5.01. The highest BCUT2D eigenvalue weighted by Crippen LogP contribution is 2.01. The minimum absolute atomic E-state index is 0.208. The quantitative estimate of drug-likeness (QED) is 0.614. The summed E-state index contributed by atoms with van der Waals surface area (Å²) in [6, 6.07) is -0.453. The van der Waals surface area contributed by atoms with Gasteiger partial charge in [-0.15, -0.1) is 10.2 Å². The highest BCUT2D eigenvalue weighted by atomic mass is 16.2. The molecule has 0 aliphatic heterocycles. The Morgan fingerprint density at radius 3 is 3.00 bits per heavy atom. The molecular formula is C8H16N6O. The maximum atomic E-state index is 11.3. The Hall–Kier alpha value is -1.66. The van der Waals surface area contributed by atoms with Crippen molar-refractivity contribution in [3.63, 3.8) is 0 Å². The van der Waals surface area contributed by atoms with E-state index in [1.807, 2.05) is 0 Å². The van der Waals surface area contributed by atoms with E-state index in [1.54, 1.807) is 6.92 Å². The number of unbranched alkanes of at least 4 members (excludes halogenated alkanes) is 1. The van der Waals surface area contributed by atoms with Gasteiger partial charge in [-0.25, -0.2) is 4.79 Å². The molecule has 2 amide bonds. The van der Waals surface area contributed by atoms with E-state index >= 15 is 0 Å². The molecule has 7 heteroatoms. The molecule has 1 atom stereocenters. The molecule has 7 nitrogen and oxygen atoms in total. The summed E-state index contributed by atoms with van der Waals surface area (Å²) >= 11 is 0. The highest BCUT2D eigenvalue weighted by molar-refractivity contribution is 5.74. The minimum atomic E-state index is -0.245. The number of aromatic amines is 1. The van der Waals surface area contributed by atoms with Crippen molar-refractivity contribution >= 4 is 6.03 Å². The fraction of sp³-hybridized carbons (Fsp3) is 0.750. The number of tetrazole rings is 1. The molecule has 0 aliphatic carbocycles. The van der Waals surface area contributed by atoms with Crippen LogP contribution in [0.1, 0.15) is 38.6 Å². The number of rotatable bonds is 5. The lowest BCUT2D eigenvalue weighted by atomic mass is 10.3. The Labute approximate surface area is 88.0 Å². The zero-order valence-electron chi connectivity index (χ0n) is 8.95. The van der Waals surface area contributed by atoms with E-state index in [0.29, 0.717) is 12.4 Å². The number of hydrogen-bond donors (Lipinski definition) is 3. The molecule has 1 unspecified atom stereocenters. The monoisotopic (exact) mass is 212 g/mol. The third-order valence-electron chi connectivity index (χ3n) is 1.91. The Morgan fingerprint density at radius 1 is 1.60 bits per heavy atom. The second kappa shape index (κ2) is 5.94. The summed E-state index contributed by atoms with van der Waals surface area (Å²) in [5.41, 5.74) is 0. The third-order valence-corrected chi connectivity index (χ3v) is 1.91. The summed E-state index contributed by atoms with van der Waals surface area (Å²) in [6.45, 7) is 4.55. The number of aromatic nitrogens is 4. The van der Waals surface area contributed by atoms with E-state index < -0.39 is 0 Å². The van der Waals surface area contributed by atoms with Crippen molar-refractivity contribution < 1.29 is 4.79 Å². The van der Waals surface area contributed by atoms with Crippen molar-refractivity contribution in [2.75, 3.05) is 6.54 Å². The first-order chi connectivity index (χ1) is 7.24. The van der Waals surface area contributed by atoms with Gasteiger partial charge in [-0.2, -0.15) is 5.21 Å². The Kier molecular flexibility index (Phi) is 4.52. The van der Waals surface area contributed by atoms with Gasteiger partial charge >= 0.3 is 6.03 Å². The first kappa shape index (κ1) is 11.4. The van der Waals surface area contributed by atoms with Crippen molar-refractivity contribution in [2.45, 2.75) is 32.7 Å². The van der Waals surface area contributed by atoms with Crippen LogP contribution >= 0.6 is 0 Å². The van der Waals surface area contributed by atoms with E-state index in [4.69, 9.17) is 0 Å². The first-order valence-electron chi connectivity index (χ1n) is 5.01. The Bertz CT molecular complexity index is 285. The topological polar surface area (TPSA) is 95.6 Å². The molecule has 0 saturated carbocycles. The lowest BCUT2D eigenvalue weighted by molar-refractivity contribution is 0.237. The van der Waals surface area contributed by atoms with Crippen LogP contribution in [0.5, 0.6) is 0 Å². The molecule has 15 heavy (non-hydrogen) atoms. The van der Waals surface area contributed by atoms with Crippen molar-refractivity contribution in [3.8, 4) is 0 Å². The number of amides is 2. The van der Waals surface area contributed by atoms with E-state index in [9.17, 15) is 4.79 Å². The summed E-state index contributed by atoms with van der Waals surface area (Å²) < 4.78 is 0. The molecular weight excluding hydrogens is 196 g/mol. The van der Waals surface area contributed by atoms with E-state index in [1.165, 1.54) is 0 Å². The maximum Gasteiger partial charge on any atom is 0.315 e. The third kappa shape index (κ3) is 3.92. The van der Waals surface area contributed by atoms with Crippen LogP contribution in [0.4, 0.5) is 4.79 Å². The number of carbonyl (C=O) groups is 1. The molecule has 84 valence electrons. The molecule has 0 radical (unpaired) electrons. The molecule has 1 aromatic rings. The highest BCUT2D eigenvalue weighted by Gasteiger charge is 2.12. The minimum Gasteiger partial charge on any atom is -0.338 e. The largest absolute Gasteiger partial charge is 0.338 e. The standard InChI is InChI=1S/C8H16N6O/c1-3-4-5-9-8(15)10-6(2)7-11-13-14-12-7/h6H,3-5H2,1-2H3,(H2,9,10,15)(H,11,12,13,14). The van der Waals surface area contributed by atoms with Gasteiger partial charge in [-0.1, -0.05) is 18.6 Å². The van der Waals surface area contributed by atoms with Gasteiger partial charge in [0, 0.05) is 6.54 Å². The van der Waals surface area contributed by atoms with Crippen molar-refractivity contribution in [1.82, 2.24) is 31.3 Å². The number of nitrogens with zero attached hydrogens (tertiary/aromatic N) is 3. The summed E-state index contributed by atoms with van der Waals surface area (Å²) in [5.74, 6) is 0.473. The zero-order chi connectivity index (χ0) is 11.1. The number of hydrogen-bond acceptors (Lipinski definition) is 4. The van der Waals surface area contributed by atoms with Crippen LogP contribution in [0.3, 0.4) is 0 Å². The summed E-state index contributed by atoms with van der Waals surface area (Å²) in [4.78, 5) is 11.3. The van der Waals surface area contributed by atoms with Crippen LogP contribution in [-0.2, 0) is 0 Å². The van der Waals surface area contributed by atoms with Crippen LogP contribution < -0.4 is 10.6 Å². The van der Waals surface area contributed by atoms with E-state index in [0.717, 1.165) is 12.8 Å². The average Bonchev–Trinajstić information content (AvgIpc) is 2.70. The summed E-state index contributed by atoms with van der Waals surface area (Å²) in [7, 11) is 0. The molecule has 0 spiro atoms. The fourth-order valence-electron chi connectivity index (χ4n) is 1.04. The van der Waals surface area contributed by atoms with Crippen LogP contribution in [0, 0.1) is 0 Å². The lowest BCUT2D eigenvalue weighted by Gasteiger charge is -2.10. The molecule has 0 aromatic carbocycles. The molecule has 0 saturated heterocycles. The Morgan fingerprint density at radius 2 is 2.40 bits per heavy atom.